The van der Waals surface area contributed by atoms with Gasteiger partial charge in [0.1, 0.15) is 12.4 Å². The smallest absolute Gasteiger partial charge is 0.163 e. The second-order valence-corrected chi connectivity index (χ2v) is 9.15. The van der Waals surface area contributed by atoms with E-state index in [1.165, 1.54) is 6.07 Å². The Morgan fingerprint density at radius 3 is 2.43 bits per heavy atom. The molecule has 4 rings (SSSR count). The highest BCUT2D eigenvalue weighted by Crippen LogP contribution is 2.36. The maximum absolute atomic E-state index is 14.1. The lowest BCUT2D eigenvalue weighted by atomic mass is 10.1. The quantitative estimate of drug-likeness (QED) is 0.311. The molecule has 1 heterocycles. The van der Waals surface area contributed by atoms with Gasteiger partial charge in [0, 0.05) is 42.0 Å². The van der Waals surface area contributed by atoms with Gasteiger partial charge in [-0.25, -0.2) is 4.39 Å². The summed E-state index contributed by atoms with van der Waals surface area (Å²) in [6.45, 7) is 5.75. The van der Waals surface area contributed by atoms with Gasteiger partial charge in [0.15, 0.2) is 11.5 Å². The fourth-order valence-electron chi connectivity index (χ4n) is 3.79. The first-order chi connectivity index (χ1) is 17.0. The van der Waals surface area contributed by atoms with E-state index in [0.29, 0.717) is 52.9 Å². The van der Waals surface area contributed by atoms with Crippen LogP contribution >= 0.6 is 34.8 Å². The molecule has 0 aromatic heterocycles. The van der Waals surface area contributed by atoms with Crippen molar-refractivity contribution in [3.8, 4) is 11.5 Å². The Labute approximate surface area is 219 Å². The second kappa shape index (κ2) is 12.0. The highest BCUT2D eigenvalue weighted by molar-refractivity contribution is 6.33. The van der Waals surface area contributed by atoms with E-state index in [1.807, 2.05) is 31.2 Å². The Hall–Kier alpha value is -2.38. The molecular weight excluding hydrogens is 514 g/mol. The lowest BCUT2D eigenvalue weighted by Crippen LogP contribution is -2.36. The predicted molar refractivity (Wildman–Crippen MR) is 140 cm³/mol. The molecular formula is C26H26Cl3FN2O3. The van der Waals surface area contributed by atoms with E-state index in [-0.39, 0.29) is 12.2 Å². The van der Waals surface area contributed by atoms with Crippen LogP contribution in [0, 0.1) is 5.82 Å². The summed E-state index contributed by atoms with van der Waals surface area (Å²) in [5.74, 6) is 0.500. The molecule has 5 nitrogen and oxygen atoms in total. The summed E-state index contributed by atoms with van der Waals surface area (Å²) in [6, 6.07) is 13.9. The Kier molecular flexibility index (Phi) is 8.84. The van der Waals surface area contributed by atoms with Gasteiger partial charge in [0.2, 0.25) is 0 Å². The standard InChI is InChI=1S/C26H26Cl3FN2O3/c1-2-34-25-12-17(21(28)14-26(25)35-16-19-20(27)4-3-5-23(19)30)15-31-18-6-7-24(22(29)13-18)32-8-10-33-11-9-32/h3-7,12-14,31H,2,8-11,15-16H2,1H3. The lowest BCUT2D eigenvalue weighted by molar-refractivity contribution is 0.122. The van der Waals surface area contributed by atoms with Crippen molar-refractivity contribution in [3.05, 3.63) is 80.5 Å². The van der Waals surface area contributed by atoms with E-state index in [2.05, 4.69) is 10.2 Å². The highest BCUT2D eigenvalue weighted by atomic mass is 35.5. The molecule has 0 amide bonds. The summed E-state index contributed by atoms with van der Waals surface area (Å²) in [4.78, 5) is 2.22. The Morgan fingerprint density at radius 1 is 0.943 bits per heavy atom. The van der Waals surface area contributed by atoms with Crippen LogP contribution in [-0.4, -0.2) is 32.9 Å². The van der Waals surface area contributed by atoms with E-state index in [1.54, 1.807) is 18.2 Å². The van der Waals surface area contributed by atoms with Crippen molar-refractivity contribution >= 4 is 46.2 Å². The van der Waals surface area contributed by atoms with Crippen LogP contribution in [0.25, 0.3) is 0 Å². The summed E-state index contributed by atoms with van der Waals surface area (Å²) in [5.41, 5.74) is 2.96. The van der Waals surface area contributed by atoms with Gasteiger partial charge >= 0.3 is 0 Å². The summed E-state index contributed by atoms with van der Waals surface area (Å²) < 4.78 is 31.1. The van der Waals surface area contributed by atoms with Gasteiger partial charge in [-0.2, -0.15) is 0 Å². The van der Waals surface area contributed by atoms with Crippen molar-refractivity contribution in [1.82, 2.24) is 0 Å². The molecule has 0 aliphatic carbocycles. The van der Waals surface area contributed by atoms with Gasteiger partial charge < -0.3 is 24.4 Å². The lowest BCUT2D eigenvalue weighted by Gasteiger charge is -2.29. The average molecular weight is 540 g/mol. The number of halogens is 4. The minimum Gasteiger partial charge on any atom is -0.490 e. The van der Waals surface area contributed by atoms with Crippen LogP contribution in [0.3, 0.4) is 0 Å². The van der Waals surface area contributed by atoms with Crippen LogP contribution in [0.15, 0.2) is 48.5 Å². The van der Waals surface area contributed by atoms with Crippen molar-refractivity contribution in [1.29, 1.82) is 0 Å². The normalized spacial score (nSPS) is 13.6. The number of rotatable bonds is 9. The first-order valence-corrected chi connectivity index (χ1v) is 12.5. The maximum atomic E-state index is 14.1. The Morgan fingerprint density at radius 2 is 1.71 bits per heavy atom. The first kappa shape index (κ1) is 25.7. The van der Waals surface area contributed by atoms with E-state index in [0.717, 1.165) is 30.0 Å². The molecule has 3 aromatic rings. The summed E-state index contributed by atoms with van der Waals surface area (Å²) in [6.07, 6.45) is 0. The number of hydrogen-bond acceptors (Lipinski definition) is 5. The molecule has 0 spiro atoms. The number of morpholine rings is 1. The number of ether oxygens (including phenoxy) is 3. The molecule has 1 aliphatic heterocycles. The highest BCUT2D eigenvalue weighted by Gasteiger charge is 2.16. The zero-order valence-electron chi connectivity index (χ0n) is 19.3. The van der Waals surface area contributed by atoms with Crippen LogP contribution < -0.4 is 19.7 Å². The van der Waals surface area contributed by atoms with Crippen LogP contribution in [0.4, 0.5) is 15.8 Å². The number of nitrogens with one attached hydrogen (secondary N) is 1. The van der Waals surface area contributed by atoms with Gasteiger partial charge in [0.05, 0.1) is 35.6 Å². The first-order valence-electron chi connectivity index (χ1n) is 11.3. The minimum absolute atomic E-state index is 0.0481. The molecule has 0 bridgehead atoms. The molecule has 9 heteroatoms. The third kappa shape index (κ3) is 6.44. The largest absolute Gasteiger partial charge is 0.490 e. The summed E-state index contributed by atoms with van der Waals surface area (Å²) >= 11 is 19.2. The number of anilines is 2. The molecule has 35 heavy (non-hydrogen) atoms. The average Bonchev–Trinajstić information content (AvgIpc) is 2.85. The van der Waals surface area contributed by atoms with E-state index >= 15 is 0 Å². The van der Waals surface area contributed by atoms with Crippen molar-refractivity contribution in [2.45, 2.75) is 20.1 Å². The monoisotopic (exact) mass is 538 g/mol. The molecule has 0 unspecified atom stereocenters. The van der Waals surface area contributed by atoms with Crippen molar-refractivity contribution < 1.29 is 18.6 Å². The van der Waals surface area contributed by atoms with Crippen LogP contribution in [0.1, 0.15) is 18.1 Å². The van der Waals surface area contributed by atoms with Crippen molar-refractivity contribution in [3.63, 3.8) is 0 Å². The summed E-state index contributed by atoms with van der Waals surface area (Å²) in [7, 11) is 0. The molecule has 1 aliphatic rings. The van der Waals surface area contributed by atoms with Gasteiger partial charge in [-0.3, -0.25) is 0 Å². The second-order valence-electron chi connectivity index (χ2n) is 7.93. The molecule has 0 radical (unpaired) electrons. The predicted octanol–water partition coefficient (Wildman–Crippen LogP) is 7.21. The zero-order chi connectivity index (χ0) is 24.8. The Balaban J connectivity index is 1.46. The minimum atomic E-state index is -0.430. The Bertz CT molecular complexity index is 1150. The molecule has 0 atom stereocenters. The molecule has 1 fully saturated rings. The van der Waals surface area contributed by atoms with Gasteiger partial charge in [-0.15, -0.1) is 0 Å². The van der Waals surface area contributed by atoms with Crippen LogP contribution in [-0.2, 0) is 17.9 Å². The van der Waals surface area contributed by atoms with Gasteiger partial charge in [-0.05, 0) is 48.9 Å². The third-order valence-electron chi connectivity index (χ3n) is 5.63. The van der Waals surface area contributed by atoms with Crippen molar-refractivity contribution in [2.24, 2.45) is 0 Å². The zero-order valence-corrected chi connectivity index (χ0v) is 21.5. The van der Waals surface area contributed by atoms with E-state index < -0.39 is 5.82 Å². The molecule has 0 saturated carbocycles. The number of benzene rings is 3. The molecule has 1 saturated heterocycles. The van der Waals surface area contributed by atoms with Gasteiger partial charge in [-0.1, -0.05) is 40.9 Å². The summed E-state index contributed by atoms with van der Waals surface area (Å²) in [5, 5.41) is 4.82. The fraction of sp³-hybridized carbons (Fsp3) is 0.308. The molecule has 1 N–H and O–H groups in total. The van der Waals surface area contributed by atoms with E-state index in [9.17, 15) is 4.39 Å². The third-order valence-corrected chi connectivity index (χ3v) is 6.64. The number of hydrogen-bond donors (Lipinski definition) is 1. The van der Waals surface area contributed by atoms with Crippen molar-refractivity contribution in [2.75, 3.05) is 43.1 Å². The topological polar surface area (TPSA) is 43.0 Å². The van der Waals surface area contributed by atoms with Crippen LogP contribution in [0.5, 0.6) is 11.5 Å². The van der Waals surface area contributed by atoms with Crippen LogP contribution in [0.2, 0.25) is 15.1 Å². The van der Waals surface area contributed by atoms with Gasteiger partial charge in [0.25, 0.3) is 0 Å². The SMILES string of the molecule is CCOc1cc(CNc2ccc(N3CCOCC3)c(Cl)c2)c(Cl)cc1OCc1c(F)cccc1Cl. The maximum Gasteiger partial charge on any atom is 0.163 e. The number of nitrogens with zero attached hydrogens (tertiary/aromatic N) is 1. The fourth-order valence-corrected chi connectivity index (χ4v) is 4.53. The molecule has 186 valence electrons. The molecule has 3 aromatic carbocycles. The van der Waals surface area contributed by atoms with E-state index in [4.69, 9.17) is 49.0 Å².